The number of carboxylic acids is 1. The number of carbonyl (C=O) groups is 2. The van der Waals surface area contributed by atoms with Crippen molar-refractivity contribution >= 4 is 29.0 Å². The van der Waals surface area contributed by atoms with E-state index in [9.17, 15) is 23.2 Å². The predicted molar refractivity (Wildman–Crippen MR) is 115 cm³/mol. The van der Waals surface area contributed by atoms with Gasteiger partial charge in [0.15, 0.2) is 5.65 Å². The van der Waals surface area contributed by atoms with Crippen molar-refractivity contribution in [1.29, 1.82) is 5.26 Å². The fraction of sp³-hybridized carbons (Fsp3) is 0.286. The number of nitrogens with two attached hydrogens (primary N) is 1. The molecule has 0 saturated carbocycles. The Morgan fingerprint density at radius 3 is 2.62 bits per heavy atom. The van der Waals surface area contributed by atoms with Crippen LogP contribution < -0.4 is 16.0 Å². The molecule has 4 rings (SSSR count). The minimum Gasteiger partial charge on any atom is -0.475 e. The molecule has 1 aliphatic heterocycles. The first-order valence-corrected chi connectivity index (χ1v) is 10.1. The van der Waals surface area contributed by atoms with Gasteiger partial charge in [-0.25, -0.2) is 14.3 Å². The van der Waals surface area contributed by atoms with E-state index in [0.29, 0.717) is 22.5 Å². The number of anilines is 2. The van der Waals surface area contributed by atoms with Crippen molar-refractivity contribution in [3.8, 4) is 6.07 Å². The zero-order valence-electron chi connectivity index (χ0n) is 17.7. The first-order chi connectivity index (χ1) is 16.1. The number of nitrogens with zero attached hydrogens (tertiary/aromatic N) is 5. The first kappa shape index (κ1) is 24.5. The lowest BCUT2D eigenvalue weighted by molar-refractivity contribution is -0.192. The molecular weight excluding hydrogens is 455 g/mol. The van der Waals surface area contributed by atoms with Crippen molar-refractivity contribution in [1.82, 2.24) is 14.6 Å². The highest BCUT2D eigenvalue weighted by atomic mass is 19.4. The molecule has 1 amide bonds. The van der Waals surface area contributed by atoms with Gasteiger partial charge in [0.05, 0.1) is 17.4 Å². The maximum Gasteiger partial charge on any atom is 0.490 e. The third-order valence-corrected chi connectivity index (χ3v) is 4.92. The van der Waals surface area contributed by atoms with Crippen LogP contribution in [0.2, 0.25) is 0 Å². The number of para-hydroxylation sites is 1. The minimum absolute atomic E-state index is 0.131. The number of aliphatic carboxylic acids is 1. The first-order valence-electron chi connectivity index (χ1n) is 10.1. The number of nitrogens with one attached hydrogen (secondary N) is 1. The lowest BCUT2D eigenvalue weighted by atomic mass is 10.1. The SMILES string of the molecule is N#Cc1ccccc1NC(=O)c1cnn2ccc(N3CCC[C@@H](N)C3)nc12.O=C(O)C(F)(F)F. The average molecular weight is 475 g/mol. The van der Waals surface area contributed by atoms with Crippen LogP contribution in [0, 0.1) is 11.3 Å². The quantitative estimate of drug-likeness (QED) is 0.523. The van der Waals surface area contributed by atoms with E-state index >= 15 is 0 Å². The largest absolute Gasteiger partial charge is 0.490 e. The molecule has 0 unspecified atom stereocenters. The number of rotatable bonds is 3. The van der Waals surface area contributed by atoms with E-state index in [1.165, 1.54) is 6.20 Å². The summed E-state index contributed by atoms with van der Waals surface area (Å²) in [5.74, 6) is -2.33. The number of alkyl halides is 3. The normalized spacial score (nSPS) is 15.7. The van der Waals surface area contributed by atoms with Crippen LogP contribution >= 0.6 is 0 Å². The molecule has 178 valence electrons. The second kappa shape index (κ2) is 10.2. The van der Waals surface area contributed by atoms with Gasteiger partial charge in [-0.15, -0.1) is 0 Å². The Hall–Kier alpha value is -4.18. The van der Waals surface area contributed by atoms with Gasteiger partial charge in [0, 0.05) is 25.3 Å². The van der Waals surface area contributed by atoms with Gasteiger partial charge in [-0.05, 0) is 31.0 Å². The van der Waals surface area contributed by atoms with Gasteiger partial charge >= 0.3 is 12.1 Å². The Labute approximate surface area is 191 Å². The van der Waals surface area contributed by atoms with Gasteiger partial charge in [0.25, 0.3) is 5.91 Å². The van der Waals surface area contributed by atoms with E-state index in [2.05, 4.69) is 26.4 Å². The Balaban J connectivity index is 0.000000406. The maximum atomic E-state index is 12.7. The molecule has 1 aromatic carbocycles. The Kier molecular flexibility index (Phi) is 7.32. The smallest absolute Gasteiger partial charge is 0.475 e. The van der Waals surface area contributed by atoms with E-state index in [1.54, 1.807) is 35.0 Å². The van der Waals surface area contributed by atoms with Crippen molar-refractivity contribution in [2.75, 3.05) is 23.3 Å². The zero-order valence-corrected chi connectivity index (χ0v) is 17.7. The number of hydrogen-bond donors (Lipinski definition) is 3. The third kappa shape index (κ3) is 5.78. The number of benzene rings is 1. The summed E-state index contributed by atoms with van der Waals surface area (Å²) in [5, 5.41) is 23.3. The second-order valence-corrected chi connectivity index (χ2v) is 7.37. The topological polar surface area (TPSA) is 150 Å². The summed E-state index contributed by atoms with van der Waals surface area (Å²) in [6, 6.07) is 10.9. The Morgan fingerprint density at radius 1 is 1.26 bits per heavy atom. The summed E-state index contributed by atoms with van der Waals surface area (Å²) in [6.45, 7) is 1.64. The summed E-state index contributed by atoms with van der Waals surface area (Å²) in [7, 11) is 0. The van der Waals surface area contributed by atoms with Crippen LogP contribution in [-0.2, 0) is 4.79 Å². The number of carboxylic acid groups (broad SMARTS) is 1. The molecule has 0 aliphatic carbocycles. The minimum atomic E-state index is -5.08. The van der Waals surface area contributed by atoms with Gasteiger partial charge < -0.3 is 21.1 Å². The second-order valence-electron chi connectivity index (χ2n) is 7.37. The molecule has 0 spiro atoms. The molecule has 34 heavy (non-hydrogen) atoms. The van der Waals surface area contributed by atoms with Crippen molar-refractivity contribution < 1.29 is 27.9 Å². The predicted octanol–water partition coefficient (Wildman–Crippen LogP) is 2.41. The van der Waals surface area contributed by atoms with Crippen LogP contribution in [0.4, 0.5) is 24.7 Å². The van der Waals surface area contributed by atoms with E-state index in [0.717, 1.165) is 31.7 Å². The molecule has 10 nitrogen and oxygen atoms in total. The van der Waals surface area contributed by atoms with E-state index in [-0.39, 0.29) is 11.9 Å². The zero-order chi connectivity index (χ0) is 24.9. The molecule has 3 heterocycles. The molecule has 4 N–H and O–H groups in total. The summed E-state index contributed by atoms with van der Waals surface area (Å²) in [4.78, 5) is 28.4. The lowest BCUT2D eigenvalue weighted by Gasteiger charge is -2.31. The molecule has 2 aromatic heterocycles. The Morgan fingerprint density at radius 2 is 1.97 bits per heavy atom. The van der Waals surface area contributed by atoms with Crippen LogP contribution in [-0.4, -0.2) is 56.9 Å². The van der Waals surface area contributed by atoms with Gasteiger partial charge in [-0.2, -0.15) is 23.5 Å². The molecule has 3 aromatic rings. The fourth-order valence-electron chi connectivity index (χ4n) is 3.29. The standard InChI is InChI=1S/C19H19N7O.C2HF3O2/c20-10-13-4-1-2-6-16(13)23-19(27)15-11-22-26-9-7-17(24-18(15)26)25-8-3-5-14(21)12-25;3-2(4,5)1(6)7/h1-2,4,6-7,9,11,14H,3,5,8,12,21H2,(H,23,27);(H,6,7)/t14-;/m1./s1. The van der Waals surface area contributed by atoms with Gasteiger partial charge in [-0.3, -0.25) is 4.79 Å². The summed E-state index contributed by atoms with van der Waals surface area (Å²) < 4.78 is 33.3. The van der Waals surface area contributed by atoms with Crippen molar-refractivity contribution in [3.63, 3.8) is 0 Å². The fourth-order valence-corrected chi connectivity index (χ4v) is 3.29. The molecule has 1 fully saturated rings. The van der Waals surface area contributed by atoms with Crippen LogP contribution in [0.25, 0.3) is 5.65 Å². The van der Waals surface area contributed by atoms with E-state index < -0.39 is 12.1 Å². The number of amides is 1. The molecule has 0 bridgehead atoms. The summed E-state index contributed by atoms with van der Waals surface area (Å²) in [5.41, 5.74) is 7.75. The molecule has 1 saturated heterocycles. The number of nitriles is 1. The van der Waals surface area contributed by atoms with Gasteiger partial charge in [0.2, 0.25) is 0 Å². The number of piperidine rings is 1. The number of aromatic nitrogens is 3. The lowest BCUT2D eigenvalue weighted by Crippen LogP contribution is -2.43. The van der Waals surface area contributed by atoms with E-state index in [4.69, 9.17) is 15.6 Å². The molecule has 1 atom stereocenters. The monoisotopic (exact) mass is 475 g/mol. The van der Waals surface area contributed by atoms with Crippen molar-refractivity contribution in [2.24, 2.45) is 5.73 Å². The number of fused-ring (bicyclic) bond motifs is 1. The summed E-state index contributed by atoms with van der Waals surface area (Å²) >= 11 is 0. The number of halogens is 3. The van der Waals surface area contributed by atoms with Crippen molar-refractivity contribution in [3.05, 3.63) is 53.9 Å². The third-order valence-electron chi connectivity index (χ3n) is 4.92. The van der Waals surface area contributed by atoms with Crippen molar-refractivity contribution in [2.45, 2.75) is 25.1 Å². The van der Waals surface area contributed by atoms with E-state index in [1.807, 2.05) is 6.07 Å². The number of carbonyl (C=O) groups excluding carboxylic acids is 1. The van der Waals surface area contributed by atoms with Crippen LogP contribution in [0.1, 0.15) is 28.8 Å². The highest BCUT2D eigenvalue weighted by Gasteiger charge is 2.38. The van der Waals surface area contributed by atoms with Crippen LogP contribution in [0.15, 0.2) is 42.7 Å². The maximum absolute atomic E-state index is 12.7. The highest BCUT2D eigenvalue weighted by Crippen LogP contribution is 2.21. The summed E-state index contributed by atoms with van der Waals surface area (Å²) in [6.07, 6.45) is 0.221. The number of hydrogen-bond acceptors (Lipinski definition) is 7. The molecule has 1 aliphatic rings. The molecular formula is C21H20F3N7O3. The van der Waals surface area contributed by atoms with Gasteiger partial charge in [0.1, 0.15) is 17.5 Å². The average Bonchev–Trinajstić information content (AvgIpc) is 3.22. The highest BCUT2D eigenvalue weighted by molar-refractivity contribution is 6.08. The van der Waals surface area contributed by atoms with Crippen LogP contribution in [0.3, 0.4) is 0 Å². The van der Waals surface area contributed by atoms with Crippen LogP contribution in [0.5, 0.6) is 0 Å². The molecule has 13 heteroatoms. The van der Waals surface area contributed by atoms with Gasteiger partial charge in [-0.1, -0.05) is 12.1 Å². The molecule has 0 radical (unpaired) electrons. The Bertz CT molecular complexity index is 1240.